The second-order valence-corrected chi connectivity index (χ2v) is 8.72. The molecular weight excluding hydrogens is 360 g/mol. The number of halogens is 1. The van der Waals surface area contributed by atoms with Gasteiger partial charge in [0.2, 0.25) is 0 Å². The Morgan fingerprint density at radius 3 is 2.36 bits per heavy atom. The zero-order chi connectivity index (χ0) is 16.3. The Kier molecular flexibility index (Phi) is 5.19. The minimum atomic E-state index is -1.37. The third kappa shape index (κ3) is 4.05. The molecule has 3 nitrogen and oxygen atoms in total. The van der Waals surface area contributed by atoms with Gasteiger partial charge < -0.3 is 5.73 Å². The number of rotatable bonds is 3. The lowest BCUT2D eigenvalue weighted by atomic mass is 10.0. The lowest BCUT2D eigenvalue weighted by Gasteiger charge is -2.16. The van der Waals surface area contributed by atoms with Gasteiger partial charge in [-0.3, -0.25) is 0 Å². The minimum absolute atomic E-state index is 0.430. The molecule has 22 heavy (non-hydrogen) atoms. The fourth-order valence-electron chi connectivity index (χ4n) is 1.81. The van der Waals surface area contributed by atoms with E-state index in [1.54, 1.807) is 0 Å². The third-order valence-electron chi connectivity index (χ3n) is 3.02. The number of anilines is 1. The largest absolute Gasteiger partial charge is 0.398 e. The summed E-state index contributed by atoms with van der Waals surface area (Å²) in [6.07, 6.45) is 0. The average Bonchev–Trinajstić information content (AvgIpc) is 2.47. The summed E-state index contributed by atoms with van der Waals surface area (Å²) in [5, 5.41) is 0. The zero-order valence-corrected chi connectivity index (χ0v) is 15.2. The predicted molar refractivity (Wildman–Crippen MR) is 98.5 cm³/mol. The van der Waals surface area contributed by atoms with Gasteiger partial charge in [-0.2, -0.15) is 4.40 Å². The molecule has 0 aliphatic rings. The van der Waals surface area contributed by atoms with Crippen molar-refractivity contribution in [1.29, 1.82) is 0 Å². The third-order valence-corrected chi connectivity index (χ3v) is 4.91. The molecule has 2 rings (SSSR count). The van der Waals surface area contributed by atoms with Crippen LogP contribution in [-0.4, -0.2) is 14.7 Å². The summed E-state index contributed by atoms with van der Waals surface area (Å²) >= 11 is 3.46. The topological polar surface area (TPSA) is 55.5 Å². The van der Waals surface area contributed by atoms with Crippen molar-refractivity contribution in [2.75, 3.05) is 5.73 Å². The molecule has 0 fully saturated rings. The Balaban J connectivity index is 2.64. The molecule has 2 aromatic rings. The van der Waals surface area contributed by atoms with Crippen LogP contribution in [0.15, 0.2) is 57.4 Å². The van der Waals surface area contributed by atoms with Gasteiger partial charge >= 0.3 is 0 Å². The maximum absolute atomic E-state index is 12.5. The molecule has 0 heterocycles. The quantitative estimate of drug-likeness (QED) is 0.638. The number of hydrogen-bond acceptors (Lipinski definition) is 2. The lowest BCUT2D eigenvalue weighted by molar-refractivity contribution is 0.650. The van der Waals surface area contributed by atoms with E-state index in [1.165, 1.54) is 0 Å². The van der Waals surface area contributed by atoms with Gasteiger partial charge in [-0.05, 0) is 39.0 Å². The molecule has 2 aromatic carbocycles. The van der Waals surface area contributed by atoms with Crippen LogP contribution in [0.25, 0.3) is 0 Å². The SMILES string of the molecule is CC(C)(C)[S@](=O)N=C(c1ccccc1)c1cc(Br)ccc1N. The first-order valence-electron chi connectivity index (χ1n) is 6.90. The number of nitrogens with zero attached hydrogens (tertiary/aromatic N) is 1. The molecule has 0 bridgehead atoms. The van der Waals surface area contributed by atoms with Crippen molar-refractivity contribution in [1.82, 2.24) is 0 Å². The van der Waals surface area contributed by atoms with Crippen molar-refractivity contribution in [2.24, 2.45) is 4.40 Å². The Labute approximate surface area is 142 Å². The number of hydrogen-bond donors (Lipinski definition) is 1. The molecule has 0 unspecified atom stereocenters. The summed E-state index contributed by atoms with van der Waals surface area (Å²) in [6, 6.07) is 15.3. The van der Waals surface area contributed by atoms with Crippen molar-refractivity contribution >= 4 is 38.3 Å². The lowest BCUT2D eigenvalue weighted by Crippen LogP contribution is -2.21. The highest BCUT2D eigenvalue weighted by molar-refractivity contribution is 9.10. The van der Waals surface area contributed by atoms with Crippen LogP contribution in [-0.2, 0) is 11.0 Å². The second-order valence-electron chi connectivity index (χ2n) is 5.90. The fourth-order valence-corrected chi connectivity index (χ4v) is 2.81. The summed E-state index contributed by atoms with van der Waals surface area (Å²) in [6.45, 7) is 5.71. The van der Waals surface area contributed by atoms with Crippen molar-refractivity contribution in [3.63, 3.8) is 0 Å². The molecule has 116 valence electrons. The van der Waals surface area contributed by atoms with Crippen LogP contribution < -0.4 is 5.73 Å². The van der Waals surface area contributed by atoms with Gasteiger partial charge in [0, 0.05) is 21.3 Å². The highest BCUT2D eigenvalue weighted by Crippen LogP contribution is 2.24. The summed E-state index contributed by atoms with van der Waals surface area (Å²) in [5.41, 5.74) is 9.04. The first-order chi connectivity index (χ1) is 10.3. The second kappa shape index (κ2) is 6.75. The maximum Gasteiger partial charge on any atom is 0.145 e. The zero-order valence-electron chi connectivity index (χ0n) is 12.8. The van der Waals surface area contributed by atoms with E-state index in [1.807, 2.05) is 69.3 Å². The van der Waals surface area contributed by atoms with Gasteiger partial charge in [-0.25, -0.2) is 4.21 Å². The van der Waals surface area contributed by atoms with E-state index >= 15 is 0 Å². The van der Waals surface area contributed by atoms with Gasteiger partial charge in [0.1, 0.15) is 11.0 Å². The molecule has 0 spiro atoms. The highest BCUT2D eigenvalue weighted by atomic mass is 79.9. The molecule has 0 aliphatic heterocycles. The molecule has 0 saturated carbocycles. The van der Waals surface area contributed by atoms with E-state index in [4.69, 9.17) is 5.73 Å². The average molecular weight is 379 g/mol. The van der Waals surface area contributed by atoms with Crippen LogP contribution >= 0.6 is 15.9 Å². The molecule has 2 N–H and O–H groups in total. The first-order valence-corrected chi connectivity index (χ1v) is 8.80. The van der Waals surface area contributed by atoms with Crippen molar-refractivity contribution in [3.8, 4) is 0 Å². The van der Waals surface area contributed by atoms with Crippen LogP contribution in [0, 0.1) is 0 Å². The van der Waals surface area contributed by atoms with Crippen molar-refractivity contribution in [2.45, 2.75) is 25.5 Å². The highest BCUT2D eigenvalue weighted by Gasteiger charge is 2.21. The Morgan fingerprint density at radius 2 is 1.77 bits per heavy atom. The summed E-state index contributed by atoms with van der Waals surface area (Å²) in [4.78, 5) is 0. The Bertz CT molecular complexity index is 721. The molecule has 0 aromatic heterocycles. The van der Waals surface area contributed by atoms with Crippen molar-refractivity contribution in [3.05, 3.63) is 64.1 Å². The normalized spacial score (nSPS) is 13.9. The van der Waals surface area contributed by atoms with Gasteiger partial charge in [0.25, 0.3) is 0 Å². The van der Waals surface area contributed by atoms with Gasteiger partial charge in [0.15, 0.2) is 0 Å². The molecule has 5 heteroatoms. The summed E-state index contributed by atoms with van der Waals surface area (Å²) in [7, 11) is -1.37. The van der Waals surface area contributed by atoms with Gasteiger partial charge in [0.05, 0.1) is 10.5 Å². The van der Waals surface area contributed by atoms with Gasteiger partial charge in [-0.15, -0.1) is 0 Å². The van der Waals surface area contributed by atoms with E-state index in [9.17, 15) is 4.21 Å². The molecule has 0 saturated heterocycles. The predicted octanol–water partition coefficient (Wildman–Crippen LogP) is 4.33. The molecule has 1 atom stereocenters. The molecular formula is C17H19BrN2OS. The van der Waals surface area contributed by atoms with Crippen LogP contribution in [0.4, 0.5) is 5.69 Å². The molecule has 0 amide bonds. The Hall–Kier alpha value is -1.46. The monoisotopic (exact) mass is 378 g/mol. The standard InChI is InChI=1S/C17H19BrN2OS/c1-17(2,3)22(21)20-16(12-7-5-4-6-8-12)14-11-13(18)9-10-15(14)19/h4-11H,19H2,1-3H3/t22-/m0/s1. The smallest absolute Gasteiger partial charge is 0.145 e. The van der Waals surface area contributed by atoms with E-state index in [0.717, 1.165) is 15.6 Å². The summed E-state index contributed by atoms with van der Waals surface area (Å²) < 4.78 is 17.4. The fraction of sp³-hybridized carbons (Fsp3) is 0.235. The molecule has 0 radical (unpaired) electrons. The molecule has 0 aliphatic carbocycles. The minimum Gasteiger partial charge on any atom is -0.398 e. The maximum atomic E-state index is 12.5. The van der Waals surface area contributed by atoms with E-state index in [2.05, 4.69) is 20.3 Å². The van der Waals surface area contributed by atoms with E-state index in [0.29, 0.717) is 11.4 Å². The van der Waals surface area contributed by atoms with E-state index < -0.39 is 15.7 Å². The van der Waals surface area contributed by atoms with Crippen LogP contribution in [0.3, 0.4) is 0 Å². The first kappa shape index (κ1) is 16.9. The number of benzene rings is 2. The summed E-state index contributed by atoms with van der Waals surface area (Å²) in [5.74, 6) is 0. The van der Waals surface area contributed by atoms with Gasteiger partial charge in [-0.1, -0.05) is 46.3 Å². The number of nitrogens with two attached hydrogens (primary N) is 1. The number of nitrogen functional groups attached to an aromatic ring is 1. The van der Waals surface area contributed by atoms with Crippen LogP contribution in [0.2, 0.25) is 0 Å². The Morgan fingerprint density at radius 1 is 1.14 bits per heavy atom. The van der Waals surface area contributed by atoms with Crippen molar-refractivity contribution < 1.29 is 4.21 Å². The van der Waals surface area contributed by atoms with Crippen LogP contribution in [0.5, 0.6) is 0 Å². The van der Waals surface area contributed by atoms with Crippen LogP contribution in [0.1, 0.15) is 31.9 Å². The van der Waals surface area contributed by atoms with E-state index in [-0.39, 0.29) is 0 Å².